The summed E-state index contributed by atoms with van der Waals surface area (Å²) in [7, 11) is 1.89. The van der Waals surface area contributed by atoms with Crippen molar-refractivity contribution in [2.24, 2.45) is 4.99 Å². The Morgan fingerprint density at radius 1 is 1.04 bits per heavy atom. The molecule has 2 aliphatic rings. The van der Waals surface area contributed by atoms with Gasteiger partial charge in [-0.15, -0.1) is 24.0 Å². The van der Waals surface area contributed by atoms with Gasteiger partial charge < -0.3 is 15.5 Å². The molecule has 1 heterocycles. The molecule has 2 fully saturated rings. The Bertz CT molecular complexity index is 405. The van der Waals surface area contributed by atoms with Gasteiger partial charge in [-0.2, -0.15) is 0 Å². The van der Waals surface area contributed by atoms with Crippen LogP contribution in [0.25, 0.3) is 0 Å². The first-order valence-electron chi connectivity index (χ1n) is 11.0. The minimum Gasteiger partial charge on any atom is -0.356 e. The first-order valence-corrected chi connectivity index (χ1v) is 11.0. The standard InChI is InChI=1S/C21H43N5.HI/c1-17(2)26(18(3)4)14-8-13-23-21(22-5)24-19-11-15-25(16-12-19)20-9-6-7-10-20;/h17-20H,6-16H2,1-5H3,(H2,22,23,24);1H. The molecular weight excluding hydrogens is 449 g/mol. The first kappa shape index (κ1) is 25.0. The summed E-state index contributed by atoms with van der Waals surface area (Å²) in [6, 6.07) is 2.66. The number of aliphatic imine (C=N–C) groups is 1. The van der Waals surface area contributed by atoms with Gasteiger partial charge >= 0.3 is 0 Å². The highest BCUT2D eigenvalue weighted by atomic mass is 127. The SMILES string of the molecule is CN=C(NCCCN(C(C)C)C(C)C)NC1CCN(C2CCCC2)CC1.I. The average molecular weight is 494 g/mol. The molecule has 6 heteroatoms. The van der Waals surface area contributed by atoms with Crippen molar-refractivity contribution >= 4 is 29.9 Å². The number of piperidine rings is 1. The normalized spacial score (nSPS) is 20.5. The molecule has 0 radical (unpaired) electrons. The summed E-state index contributed by atoms with van der Waals surface area (Å²) in [4.78, 5) is 9.71. The van der Waals surface area contributed by atoms with E-state index in [1.165, 1.54) is 51.6 Å². The van der Waals surface area contributed by atoms with Gasteiger partial charge in [0.2, 0.25) is 0 Å². The zero-order valence-corrected chi connectivity index (χ0v) is 20.7. The Kier molecular flexibility index (Phi) is 12.2. The minimum absolute atomic E-state index is 0. The molecule has 1 saturated carbocycles. The lowest BCUT2D eigenvalue weighted by Crippen LogP contribution is -2.50. The number of halogens is 1. The maximum absolute atomic E-state index is 4.43. The number of hydrogen-bond acceptors (Lipinski definition) is 3. The number of nitrogens with one attached hydrogen (secondary N) is 2. The second-order valence-electron chi connectivity index (χ2n) is 8.67. The van der Waals surface area contributed by atoms with Gasteiger partial charge in [-0.3, -0.25) is 9.89 Å². The van der Waals surface area contributed by atoms with E-state index < -0.39 is 0 Å². The van der Waals surface area contributed by atoms with Crippen molar-refractivity contribution in [3.05, 3.63) is 0 Å². The molecule has 5 nitrogen and oxygen atoms in total. The minimum atomic E-state index is 0. The highest BCUT2D eigenvalue weighted by molar-refractivity contribution is 14.0. The lowest BCUT2D eigenvalue weighted by atomic mass is 10.0. The second kappa shape index (κ2) is 13.2. The molecule has 2 N–H and O–H groups in total. The van der Waals surface area contributed by atoms with E-state index in [-0.39, 0.29) is 24.0 Å². The van der Waals surface area contributed by atoms with Crippen LogP contribution in [0.2, 0.25) is 0 Å². The van der Waals surface area contributed by atoms with Gasteiger partial charge in [0.15, 0.2) is 5.96 Å². The smallest absolute Gasteiger partial charge is 0.191 e. The summed E-state index contributed by atoms with van der Waals surface area (Å²) in [6.45, 7) is 13.7. The van der Waals surface area contributed by atoms with Crippen LogP contribution in [0.4, 0.5) is 0 Å². The van der Waals surface area contributed by atoms with Crippen molar-refractivity contribution in [2.75, 3.05) is 33.2 Å². The van der Waals surface area contributed by atoms with Gasteiger partial charge in [-0.25, -0.2) is 0 Å². The van der Waals surface area contributed by atoms with Crippen LogP contribution in [0.3, 0.4) is 0 Å². The van der Waals surface area contributed by atoms with Crippen LogP contribution >= 0.6 is 24.0 Å². The predicted octanol–water partition coefficient (Wildman–Crippen LogP) is 3.69. The van der Waals surface area contributed by atoms with E-state index in [0.29, 0.717) is 18.1 Å². The molecule has 1 aliphatic heterocycles. The number of nitrogens with zero attached hydrogens (tertiary/aromatic N) is 3. The lowest BCUT2D eigenvalue weighted by Gasteiger charge is -2.36. The molecule has 0 bridgehead atoms. The maximum Gasteiger partial charge on any atom is 0.191 e. The van der Waals surface area contributed by atoms with E-state index in [9.17, 15) is 0 Å². The third kappa shape index (κ3) is 8.44. The van der Waals surface area contributed by atoms with Crippen molar-refractivity contribution < 1.29 is 0 Å². The molecule has 0 amide bonds. The van der Waals surface area contributed by atoms with Crippen molar-refractivity contribution in [3.8, 4) is 0 Å². The molecule has 0 unspecified atom stereocenters. The Labute approximate surface area is 185 Å². The van der Waals surface area contributed by atoms with Crippen LogP contribution in [0.5, 0.6) is 0 Å². The monoisotopic (exact) mass is 493 g/mol. The van der Waals surface area contributed by atoms with E-state index in [0.717, 1.165) is 31.5 Å². The molecule has 0 spiro atoms. The fourth-order valence-corrected chi connectivity index (χ4v) is 4.65. The summed E-state index contributed by atoms with van der Waals surface area (Å²) in [5, 5.41) is 7.16. The number of hydrogen-bond donors (Lipinski definition) is 2. The molecule has 0 aromatic carbocycles. The fraction of sp³-hybridized carbons (Fsp3) is 0.952. The number of likely N-dealkylation sites (tertiary alicyclic amines) is 1. The van der Waals surface area contributed by atoms with Crippen molar-refractivity contribution in [2.45, 2.75) is 96.8 Å². The lowest BCUT2D eigenvalue weighted by molar-refractivity contribution is 0.150. The third-order valence-electron chi connectivity index (χ3n) is 6.15. The molecule has 27 heavy (non-hydrogen) atoms. The molecule has 1 saturated heterocycles. The molecule has 160 valence electrons. The van der Waals surface area contributed by atoms with E-state index >= 15 is 0 Å². The van der Waals surface area contributed by atoms with E-state index in [1.807, 2.05) is 7.05 Å². The Hall–Kier alpha value is -0.0800. The van der Waals surface area contributed by atoms with Gasteiger partial charge in [0.05, 0.1) is 0 Å². The van der Waals surface area contributed by atoms with Crippen LogP contribution in [-0.2, 0) is 0 Å². The molecule has 1 aliphatic carbocycles. The summed E-state index contributed by atoms with van der Waals surface area (Å²) < 4.78 is 0. The topological polar surface area (TPSA) is 42.9 Å². The molecular formula is C21H44IN5. The van der Waals surface area contributed by atoms with Crippen LogP contribution in [-0.4, -0.2) is 73.2 Å². The van der Waals surface area contributed by atoms with E-state index in [1.54, 1.807) is 0 Å². The van der Waals surface area contributed by atoms with E-state index in [4.69, 9.17) is 0 Å². The fourth-order valence-electron chi connectivity index (χ4n) is 4.65. The first-order chi connectivity index (χ1) is 12.5. The van der Waals surface area contributed by atoms with Gasteiger partial charge in [0.25, 0.3) is 0 Å². The van der Waals surface area contributed by atoms with Gasteiger partial charge in [-0.1, -0.05) is 12.8 Å². The molecule has 0 aromatic rings. The Morgan fingerprint density at radius 3 is 2.15 bits per heavy atom. The van der Waals surface area contributed by atoms with Crippen LogP contribution < -0.4 is 10.6 Å². The van der Waals surface area contributed by atoms with Crippen molar-refractivity contribution in [3.63, 3.8) is 0 Å². The largest absolute Gasteiger partial charge is 0.356 e. The van der Waals surface area contributed by atoms with Crippen molar-refractivity contribution in [1.29, 1.82) is 0 Å². The summed E-state index contributed by atoms with van der Waals surface area (Å²) in [5.41, 5.74) is 0. The predicted molar refractivity (Wildman–Crippen MR) is 128 cm³/mol. The van der Waals surface area contributed by atoms with Crippen LogP contribution in [0, 0.1) is 0 Å². The van der Waals surface area contributed by atoms with Gasteiger partial charge in [0.1, 0.15) is 0 Å². The summed E-state index contributed by atoms with van der Waals surface area (Å²) >= 11 is 0. The summed E-state index contributed by atoms with van der Waals surface area (Å²) in [6.07, 6.45) is 9.35. The van der Waals surface area contributed by atoms with Gasteiger partial charge in [-0.05, 0) is 59.8 Å². The zero-order chi connectivity index (χ0) is 18.9. The third-order valence-corrected chi connectivity index (χ3v) is 6.15. The maximum atomic E-state index is 4.43. The quantitative estimate of drug-likeness (QED) is 0.234. The number of guanidine groups is 1. The van der Waals surface area contributed by atoms with Crippen LogP contribution in [0.15, 0.2) is 4.99 Å². The zero-order valence-electron chi connectivity index (χ0n) is 18.3. The highest BCUT2D eigenvalue weighted by Crippen LogP contribution is 2.26. The summed E-state index contributed by atoms with van der Waals surface area (Å²) in [5.74, 6) is 0.977. The van der Waals surface area contributed by atoms with E-state index in [2.05, 4.69) is 53.1 Å². The van der Waals surface area contributed by atoms with Crippen molar-refractivity contribution in [1.82, 2.24) is 20.4 Å². The Balaban J connectivity index is 0.00000364. The average Bonchev–Trinajstić information content (AvgIpc) is 3.15. The molecule has 0 atom stereocenters. The molecule has 0 aromatic heterocycles. The highest BCUT2D eigenvalue weighted by Gasteiger charge is 2.27. The number of rotatable bonds is 8. The Morgan fingerprint density at radius 2 is 1.63 bits per heavy atom. The van der Waals surface area contributed by atoms with Gasteiger partial charge in [0, 0.05) is 57.4 Å². The second-order valence-corrected chi connectivity index (χ2v) is 8.67. The molecule has 2 rings (SSSR count). The van der Waals surface area contributed by atoms with Crippen LogP contribution in [0.1, 0.15) is 72.6 Å².